The van der Waals surface area contributed by atoms with Gasteiger partial charge in [-0.05, 0) is 63.0 Å². The van der Waals surface area contributed by atoms with Crippen LogP contribution in [0, 0.1) is 17.8 Å². The molecule has 2 saturated carbocycles. The average Bonchev–Trinajstić information content (AvgIpc) is 3.01. The van der Waals surface area contributed by atoms with Crippen LogP contribution in [0.15, 0.2) is 18.2 Å². The van der Waals surface area contributed by atoms with Gasteiger partial charge in [0.1, 0.15) is 5.75 Å². The van der Waals surface area contributed by atoms with Crippen LogP contribution in [0.4, 0.5) is 11.4 Å². The lowest BCUT2D eigenvalue weighted by molar-refractivity contribution is 0.244. The van der Waals surface area contributed by atoms with Gasteiger partial charge < -0.3 is 15.8 Å². The lowest BCUT2D eigenvalue weighted by Crippen LogP contribution is -2.20. The highest BCUT2D eigenvalue weighted by molar-refractivity contribution is 5.61. The molecule has 3 heteroatoms. The lowest BCUT2D eigenvalue weighted by Gasteiger charge is -2.22. The minimum atomic E-state index is 0.151. The second-order valence-electron chi connectivity index (χ2n) is 6.74. The molecule has 0 saturated heterocycles. The fourth-order valence-corrected chi connectivity index (χ4v) is 3.88. The SMILES string of the molecule is CC(C)Oc1cc(NCC2CC3CCC2C3)ccc1N. The molecule has 20 heavy (non-hydrogen) atoms. The topological polar surface area (TPSA) is 47.3 Å². The largest absolute Gasteiger partial charge is 0.489 e. The van der Waals surface area contributed by atoms with Gasteiger partial charge >= 0.3 is 0 Å². The van der Waals surface area contributed by atoms with Crippen molar-refractivity contribution in [3.05, 3.63) is 18.2 Å². The van der Waals surface area contributed by atoms with Gasteiger partial charge in [-0.2, -0.15) is 0 Å². The molecule has 1 aromatic carbocycles. The number of rotatable bonds is 5. The zero-order valence-electron chi connectivity index (χ0n) is 12.6. The molecule has 1 aromatic rings. The summed E-state index contributed by atoms with van der Waals surface area (Å²) in [6.45, 7) is 5.13. The molecule has 3 nitrogen and oxygen atoms in total. The molecule has 3 atom stereocenters. The Labute approximate surface area is 121 Å². The van der Waals surface area contributed by atoms with Crippen LogP contribution >= 0.6 is 0 Å². The zero-order chi connectivity index (χ0) is 14.1. The second kappa shape index (κ2) is 5.55. The first-order valence-corrected chi connectivity index (χ1v) is 7.92. The number of fused-ring (bicyclic) bond motifs is 2. The first kappa shape index (κ1) is 13.6. The first-order chi connectivity index (χ1) is 9.61. The van der Waals surface area contributed by atoms with Crippen LogP contribution in [-0.4, -0.2) is 12.6 Å². The van der Waals surface area contributed by atoms with E-state index >= 15 is 0 Å². The number of hydrogen-bond donors (Lipinski definition) is 2. The number of nitrogen functional groups attached to an aromatic ring is 1. The van der Waals surface area contributed by atoms with Crippen molar-refractivity contribution in [3.63, 3.8) is 0 Å². The third kappa shape index (κ3) is 2.87. The van der Waals surface area contributed by atoms with Crippen molar-refractivity contribution in [2.45, 2.75) is 45.6 Å². The molecule has 2 aliphatic rings. The van der Waals surface area contributed by atoms with Gasteiger partial charge in [-0.25, -0.2) is 0 Å². The van der Waals surface area contributed by atoms with Crippen molar-refractivity contribution in [3.8, 4) is 5.75 Å². The monoisotopic (exact) mass is 274 g/mol. The van der Waals surface area contributed by atoms with Crippen LogP contribution in [0.5, 0.6) is 5.75 Å². The number of anilines is 2. The van der Waals surface area contributed by atoms with Gasteiger partial charge in [0.2, 0.25) is 0 Å². The van der Waals surface area contributed by atoms with E-state index in [0.717, 1.165) is 35.7 Å². The molecule has 2 bridgehead atoms. The number of ether oxygens (including phenoxy) is 1. The van der Waals surface area contributed by atoms with Crippen molar-refractivity contribution < 1.29 is 4.74 Å². The van der Waals surface area contributed by atoms with Crippen LogP contribution in [0.25, 0.3) is 0 Å². The van der Waals surface area contributed by atoms with Crippen LogP contribution in [0.2, 0.25) is 0 Å². The minimum Gasteiger partial charge on any atom is -0.489 e. The average molecular weight is 274 g/mol. The molecule has 110 valence electrons. The summed E-state index contributed by atoms with van der Waals surface area (Å²) in [6, 6.07) is 6.01. The Morgan fingerprint density at radius 1 is 1.30 bits per heavy atom. The van der Waals surface area contributed by atoms with Crippen LogP contribution < -0.4 is 15.8 Å². The van der Waals surface area contributed by atoms with Gasteiger partial charge in [-0.1, -0.05) is 6.42 Å². The maximum Gasteiger partial charge on any atom is 0.144 e. The standard InChI is InChI=1S/C17H26N2O/c1-11(2)20-17-9-15(5-6-16(17)18)19-10-14-8-12-3-4-13(14)7-12/h5-6,9,11-14,19H,3-4,7-8,10,18H2,1-2H3. The Morgan fingerprint density at radius 3 is 2.80 bits per heavy atom. The third-order valence-corrected chi connectivity index (χ3v) is 4.83. The Hall–Kier alpha value is -1.38. The summed E-state index contributed by atoms with van der Waals surface area (Å²) in [6.07, 6.45) is 5.95. The molecule has 2 fully saturated rings. The summed E-state index contributed by atoms with van der Waals surface area (Å²) in [7, 11) is 0. The van der Waals surface area contributed by atoms with E-state index in [0.29, 0.717) is 5.69 Å². The van der Waals surface area contributed by atoms with Gasteiger partial charge in [-0.3, -0.25) is 0 Å². The molecule has 0 spiro atoms. The van der Waals surface area contributed by atoms with Gasteiger partial charge in [0.15, 0.2) is 0 Å². The Bertz CT molecular complexity index is 472. The van der Waals surface area contributed by atoms with E-state index in [4.69, 9.17) is 10.5 Å². The summed E-state index contributed by atoms with van der Waals surface area (Å²) < 4.78 is 5.74. The number of nitrogens with one attached hydrogen (secondary N) is 1. The third-order valence-electron chi connectivity index (χ3n) is 4.83. The van der Waals surface area contributed by atoms with Gasteiger partial charge in [0.25, 0.3) is 0 Å². The first-order valence-electron chi connectivity index (χ1n) is 7.92. The van der Waals surface area contributed by atoms with Gasteiger partial charge in [-0.15, -0.1) is 0 Å². The minimum absolute atomic E-state index is 0.151. The number of hydrogen-bond acceptors (Lipinski definition) is 3. The Balaban J connectivity index is 1.60. The maximum absolute atomic E-state index is 5.95. The molecule has 2 aliphatic carbocycles. The van der Waals surface area contributed by atoms with Gasteiger partial charge in [0, 0.05) is 18.3 Å². The maximum atomic E-state index is 5.95. The molecular formula is C17H26N2O. The van der Waals surface area contributed by atoms with E-state index in [1.54, 1.807) is 0 Å². The molecule has 0 amide bonds. The van der Waals surface area contributed by atoms with E-state index in [1.165, 1.54) is 25.7 Å². The zero-order valence-corrected chi connectivity index (χ0v) is 12.6. The van der Waals surface area contributed by atoms with E-state index in [-0.39, 0.29) is 6.10 Å². The smallest absolute Gasteiger partial charge is 0.144 e. The highest BCUT2D eigenvalue weighted by atomic mass is 16.5. The summed E-state index contributed by atoms with van der Waals surface area (Å²) in [5.74, 6) is 3.63. The normalized spacial score (nSPS) is 28.1. The predicted molar refractivity (Wildman–Crippen MR) is 84.0 cm³/mol. The summed E-state index contributed by atoms with van der Waals surface area (Å²) in [4.78, 5) is 0. The van der Waals surface area contributed by atoms with E-state index < -0.39 is 0 Å². The summed E-state index contributed by atoms with van der Waals surface area (Å²) in [5, 5.41) is 3.58. The van der Waals surface area contributed by atoms with Crippen molar-refractivity contribution in [1.82, 2.24) is 0 Å². The number of nitrogens with two attached hydrogens (primary N) is 1. The summed E-state index contributed by atoms with van der Waals surface area (Å²) in [5.41, 5.74) is 7.79. The second-order valence-corrected chi connectivity index (χ2v) is 6.74. The molecular weight excluding hydrogens is 248 g/mol. The molecule has 3 unspecified atom stereocenters. The predicted octanol–water partition coefficient (Wildman–Crippen LogP) is 3.90. The lowest BCUT2D eigenvalue weighted by atomic mass is 9.89. The van der Waals surface area contributed by atoms with Crippen LogP contribution in [0.1, 0.15) is 39.5 Å². The molecule has 0 aliphatic heterocycles. The number of benzene rings is 1. The molecule has 0 aromatic heterocycles. The Morgan fingerprint density at radius 2 is 2.15 bits per heavy atom. The van der Waals surface area contributed by atoms with Crippen molar-refractivity contribution in [1.29, 1.82) is 0 Å². The van der Waals surface area contributed by atoms with Crippen LogP contribution in [0.3, 0.4) is 0 Å². The summed E-state index contributed by atoms with van der Waals surface area (Å²) >= 11 is 0. The highest BCUT2D eigenvalue weighted by Crippen LogP contribution is 2.48. The van der Waals surface area contributed by atoms with Crippen molar-refractivity contribution in [2.75, 3.05) is 17.6 Å². The quantitative estimate of drug-likeness (QED) is 0.800. The Kier molecular flexibility index (Phi) is 3.77. The van der Waals surface area contributed by atoms with E-state index in [1.807, 2.05) is 26.0 Å². The molecule has 3 N–H and O–H groups in total. The highest BCUT2D eigenvalue weighted by Gasteiger charge is 2.38. The molecule has 0 heterocycles. The van der Waals surface area contributed by atoms with Gasteiger partial charge in [0.05, 0.1) is 11.8 Å². The van der Waals surface area contributed by atoms with E-state index in [9.17, 15) is 0 Å². The van der Waals surface area contributed by atoms with E-state index in [2.05, 4.69) is 11.4 Å². The fraction of sp³-hybridized carbons (Fsp3) is 0.647. The van der Waals surface area contributed by atoms with Crippen molar-refractivity contribution in [2.24, 2.45) is 17.8 Å². The molecule has 0 radical (unpaired) electrons. The van der Waals surface area contributed by atoms with Crippen molar-refractivity contribution >= 4 is 11.4 Å². The fourth-order valence-electron chi connectivity index (χ4n) is 3.88. The molecule has 3 rings (SSSR count). The van der Waals surface area contributed by atoms with Crippen LogP contribution in [-0.2, 0) is 0 Å².